The molecular formula is C10H12Cl2OS. The zero-order valence-corrected chi connectivity index (χ0v) is 10.2. The molecule has 0 saturated carbocycles. The van der Waals surface area contributed by atoms with Crippen LogP contribution in [0.3, 0.4) is 0 Å². The van der Waals surface area contributed by atoms with E-state index in [2.05, 4.69) is 19.6 Å². The molecule has 0 aliphatic carbocycles. The first-order chi connectivity index (χ1) is 6.63. The van der Waals surface area contributed by atoms with Crippen LogP contribution in [0.5, 0.6) is 5.75 Å². The lowest BCUT2D eigenvalue weighted by Crippen LogP contribution is -2.09. The maximum Gasteiger partial charge on any atom is 0.120 e. The average molecular weight is 251 g/mol. The largest absolute Gasteiger partial charge is 0.493 e. The normalized spacial score (nSPS) is 12.6. The Morgan fingerprint density at radius 3 is 2.64 bits per heavy atom. The van der Waals surface area contributed by atoms with Crippen LogP contribution in [0.1, 0.15) is 6.92 Å². The van der Waals surface area contributed by atoms with Gasteiger partial charge in [-0.05, 0) is 23.8 Å². The third-order valence-corrected chi connectivity index (χ3v) is 3.10. The smallest absolute Gasteiger partial charge is 0.120 e. The topological polar surface area (TPSA) is 9.23 Å². The van der Waals surface area contributed by atoms with E-state index in [9.17, 15) is 0 Å². The highest BCUT2D eigenvalue weighted by molar-refractivity contribution is 7.80. The lowest BCUT2D eigenvalue weighted by molar-refractivity contribution is 0.273. The molecule has 1 rings (SSSR count). The second-order valence-corrected chi connectivity index (χ2v) is 4.35. The molecule has 1 atom stereocenters. The Morgan fingerprint density at radius 1 is 1.36 bits per heavy atom. The molecule has 0 amide bonds. The molecule has 0 spiro atoms. The van der Waals surface area contributed by atoms with Gasteiger partial charge < -0.3 is 4.74 Å². The fraction of sp³-hybridized carbons (Fsp3) is 0.400. The van der Waals surface area contributed by atoms with Gasteiger partial charge in [0, 0.05) is 6.07 Å². The van der Waals surface area contributed by atoms with Crippen LogP contribution in [0.4, 0.5) is 0 Å². The van der Waals surface area contributed by atoms with Crippen LogP contribution in [0.15, 0.2) is 18.2 Å². The summed E-state index contributed by atoms with van der Waals surface area (Å²) in [6.45, 7) is 2.71. The van der Waals surface area contributed by atoms with E-state index in [1.54, 1.807) is 18.2 Å². The van der Waals surface area contributed by atoms with Gasteiger partial charge in [-0.1, -0.05) is 30.1 Å². The molecule has 0 fully saturated rings. The third-order valence-electron chi connectivity index (χ3n) is 1.74. The Morgan fingerprint density at radius 2 is 2.07 bits per heavy atom. The van der Waals surface area contributed by atoms with Crippen LogP contribution in [-0.4, -0.2) is 12.4 Å². The molecule has 1 nitrogen and oxygen atoms in total. The van der Waals surface area contributed by atoms with Crippen LogP contribution < -0.4 is 4.74 Å². The highest BCUT2D eigenvalue weighted by atomic mass is 35.5. The minimum absolute atomic E-state index is 0.424. The van der Waals surface area contributed by atoms with E-state index < -0.39 is 0 Å². The Hall–Kier alpha value is -0.0500. The summed E-state index contributed by atoms with van der Waals surface area (Å²) >= 11 is 15.8. The van der Waals surface area contributed by atoms with Gasteiger partial charge in [-0.25, -0.2) is 0 Å². The molecule has 78 valence electrons. The van der Waals surface area contributed by atoms with Crippen molar-refractivity contribution in [3.8, 4) is 5.75 Å². The van der Waals surface area contributed by atoms with Crippen LogP contribution in [0.25, 0.3) is 0 Å². The van der Waals surface area contributed by atoms with Crippen LogP contribution >= 0.6 is 35.8 Å². The van der Waals surface area contributed by atoms with E-state index in [4.69, 9.17) is 27.9 Å². The Labute approximate surface area is 99.8 Å². The summed E-state index contributed by atoms with van der Waals surface area (Å²) in [5.41, 5.74) is 0. The van der Waals surface area contributed by atoms with E-state index in [-0.39, 0.29) is 0 Å². The van der Waals surface area contributed by atoms with Gasteiger partial charge in [0.05, 0.1) is 16.7 Å². The highest BCUT2D eigenvalue weighted by Crippen LogP contribution is 2.26. The van der Waals surface area contributed by atoms with Crippen molar-refractivity contribution in [1.82, 2.24) is 0 Å². The number of ether oxygens (including phenoxy) is 1. The lowest BCUT2D eigenvalue weighted by Gasteiger charge is -2.10. The molecule has 0 bridgehead atoms. The van der Waals surface area contributed by atoms with E-state index in [1.807, 2.05) is 0 Å². The minimum Gasteiger partial charge on any atom is -0.493 e. The first-order valence-electron chi connectivity index (χ1n) is 4.32. The monoisotopic (exact) mass is 250 g/mol. The summed E-state index contributed by atoms with van der Waals surface area (Å²) in [7, 11) is 0. The van der Waals surface area contributed by atoms with E-state index in [0.29, 0.717) is 22.6 Å². The number of benzene rings is 1. The van der Waals surface area contributed by atoms with Crippen LogP contribution in [0.2, 0.25) is 10.0 Å². The summed E-state index contributed by atoms with van der Waals surface area (Å²) in [6.07, 6.45) is 0. The molecule has 1 aromatic rings. The quantitative estimate of drug-likeness (QED) is 0.797. The van der Waals surface area contributed by atoms with E-state index in [0.717, 1.165) is 11.5 Å². The fourth-order valence-corrected chi connectivity index (χ4v) is 1.25. The van der Waals surface area contributed by atoms with Gasteiger partial charge in [0.25, 0.3) is 0 Å². The van der Waals surface area contributed by atoms with Gasteiger partial charge in [0.15, 0.2) is 0 Å². The molecule has 1 unspecified atom stereocenters. The maximum atomic E-state index is 5.84. The van der Waals surface area contributed by atoms with Gasteiger partial charge in [0.2, 0.25) is 0 Å². The summed E-state index contributed by atoms with van der Waals surface area (Å²) in [5, 5.41) is 1.06. The number of thiol groups is 1. The molecule has 0 aliphatic rings. The third kappa shape index (κ3) is 3.60. The van der Waals surface area contributed by atoms with Crippen molar-refractivity contribution >= 4 is 35.8 Å². The molecule has 14 heavy (non-hydrogen) atoms. The summed E-state index contributed by atoms with van der Waals surface area (Å²) in [5.74, 6) is 1.97. The number of hydrogen-bond donors (Lipinski definition) is 1. The first kappa shape index (κ1) is 12.0. The SMILES string of the molecule is CC(CS)COc1ccc(Cl)c(Cl)c1. The van der Waals surface area contributed by atoms with Crippen LogP contribution in [0, 0.1) is 5.92 Å². The molecule has 0 saturated heterocycles. The predicted molar refractivity (Wildman–Crippen MR) is 65.0 cm³/mol. The van der Waals surface area contributed by atoms with Crippen molar-refractivity contribution in [2.75, 3.05) is 12.4 Å². The summed E-state index contributed by atoms with van der Waals surface area (Å²) in [4.78, 5) is 0. The Balaban J connectivity index is 2.55. The minimum atomic E-state index is 0.424. The maximum absolute atomic E-state index is 5.84. The second kappa shape index (κ2) is 5.74. The van der Waals surface area contributed by atoms with Crippen molar-refractivity contribution in [3.63, 3.8) is 0 Å². The zero-order chi connectivity index (χ0) is 10.6. The summed E-state index contributed by atoms with van der Waals surface area (Å²) in [6, 6.07) is 5.25. The molecule has 0 aromatic heterocycles. The highest BCUT2D eigenvalue weighted by Gasteiger charge is 2.03. The standard InChI is InChI=1S/C10H12Cl2OS/c1-7(6-14)5-13-8-2-3-9(11)10(12)4-8/h2-4,7,14H,5-6H2,1H3. The van der Waals surface area contributed by atoms with Crippen molar-refractivity contribution in [2.45, 2.75) is 6.92 Å². The lowest BCUT2D eigenvalue weighted by atomic mass is 10.2. The molecule has 0 radical (unpaired) electrons. The molecule has 0 aliphatic heterocycles. The Bertz CT molecular complexity index is 304. The van der Waals surface area contributed by atoms with Crippen molar-refractivity contribution in [3.05, 3.63) is 28.2 Å². The number of rotatable bonds is 4. The van der Waals surface area contributed by atoms with Crippen LogP contribution in [-0.2, 0) is 0 Å². The molecule has 0 heterocycles. The first-order valence-corrected chi connectivity index (χ1v) is 5.71. The molecule has 0 N–H and O–H groups in total. The average Bonchev–Trinajstić information content (AvgIpc) is 2.19. The molecule has 4 heteroatoms. The van der Waals surface area contributed by atoms with Gasteiger partial charge >= 0.3 is 0 Å². The van der Waals surface area contributed by atoms with Gasteiger partial charge in [0.1, 0.15) is 5.75 Å². The number of hydrogen-bond acceptors (Lipinski definition) is 2. The fourth-order valence-electron chi connectivity index (χ4n) is 0.858. The molecular weight excluding hydrogens is 239 g/mol. The predicted octanol–water partition coefficient (Wildman–Crippen LogP) is 3.94. The van der Waals surface area contributed by atoms with Crippen molar-refractivity contribution in [2.24, 2.45) is 5.92 Å². The Kier molecular flexibility index (Phi) is 4.93. The van der Waals surface area contributed by atoms with Gasteiger partial charge in [-0.15, -0.1) is 0 Å². The molecule has 1 aromatic carbocycles. The zero-order valence-electron chi connectivity index (χ0n) is 7.84. The van der Waals surface area contributed by atoms with E-state index in [1.165, 1.54) is 0 Å². The van der Waals surface area contributed by atoms with E-state index >= 15 is 0 Å². The summed E-state index contributed by atoms with van der Waals surface area (Å²) < 4.78 is 5.50. The van der Waals surface area contributed by atoms with Gasteiger partial charge in [-0.3, -0.25) is 0 Å². The number of halogens is 2. The second-order valence-electron chi connectivity index (χ2n) is 3.17. The van der Waals surface area contributed by atoms with Crippen molar-refractivity contribution < 1.29 is 4.74 Å². The van der Waals surface area contributed by atoms with Crippen molar-refractivity contribution in [1.29, 1.82) is 0 Å². The van der Waals surface area contributed by atoms with Gasteiger partial charge in [-0.2, -0.15) is 12.6 Å².